The molecule has 0 aliphatic rings. The molecular weight excluding hydrogens is 220 g/mol. The molecule has 0 saturated carbocycles. The number of halogens is 1. The van der Waals surface area contributed by atoms with Gasteiger partial charge >= 0.3 is 0 Å². The summed E-state index contributed by atoms with van der Waals surface area (Å²) in [6.45, 7) is 4.85. The Morgan fingerprint density at radius 3 is 2.92 bits per heavy atom. The van der Waals surface area contributed by atoms with Gasteiger partial charge in [0.2, 0.25) is 0 Å². The smallest absolute Gasteiger partial charge is 0.157 e. The first-order valence-corrected chi connectivity index (χ1v) is 5.09. The molecule has 0 saturated heterocycles. The zero-order valence-electron chi connectivity index (χ0n) is 7.33. The lowest BCUT2D eigenvalue weighted by molar-refractivity contribution is 0.344. The van der Waals surface area contributed by atoms with Crippen LogP contribution in [0.4, 0.5) is 0 Å². The van der Waals surface area contributed by atoms with Crippen molar-refractivity contribution in [2.24, 2.45) is 0 Å². The normalized spacial score (nSPS) is 10.7. The maximum Gasteiger partial charge on any atom is 0.157 e. The van der Waals surface area contributed by atoms with Gasteiger partial charge in [-0.15, -0.1) is 0 Å². The van der Waals surface area contributed by atoms with Gasteiger partial charge < -0.3 is 4.74 Å². The monoisotopic (exact) mass is 232 g/mol. The summed E-state index contributed by atoms with van der Waals surface area (Å²) in [4.78, 5) is 0. The third-order valence-corrected chi connectivity index (χ3v) is 1.78. The zero-order chi connectivity index (χ0) is 8.97. The van der Waals surface area contributed by atoms with E-state index >= 15 is 0 Å². The molecule has 0 aliphatic carbocycles. The van der Waals surface area contributed by atoms with Crippen LogP contribution in [0.2, 0.25) is 0 Å². The number of rotatable bonds is 4. The van der Waals surface area contributed by atoms with Crippen molar-refractivity contribution in [1.82, 2.24) is 9.78 Å². The first kappa shape index (κ1) is 9.58. The number of nitrogens with zero attached hydrogens (tertiary/aromatic N) is 2. The van der Waals surface area contributed by atoms with Gasteiger partial charge in [0, 0.05) is 11.4 Å². The number of alkyl halides is 1. The van der Waals surface area contributed by atoms with Crippen LogP contribution in [0.3, 0.4) is 0 Å². The molecule has 1 aromatic heterocycles. The second-order valence-electron chi connectivity index (χ2n) is 2.79. The van der Waals surface area contributed by atoms with Crippen LogP contribution in [0.1, 0.15) is 19.9 Å². The highest BCUT2D eigenvalue weighted by molar-refractivity contribution is 9.09. The van der Waals surface area contributed by atoms with Gasteiger partial charge in [0.1, 0.15) is 0 Å². The van der Waals surface area contributed by atoms with Crippen LogP contribution >= 0.6 is 15.9 Å². The Kier molecular flexibility index (Phi) is 3.59. The summed E-state index contributed by atoms with van der Waals surface area (Å²) in [6.07, 6.45) is 3.65. The topological polar surface area (TPSA) is 27.1 Å². The molecule has 0 radical (unpaired) electrons. The van der Waals surface area contributed by atoms with Gasteiger partial charge in [0.25, 0.3) is 0 Å². The largest absolute Gasteiger partial charge is 0.489 e. The van der Waals surface area contributed by atoms with E-state index in [1.54, 1.807) is 6.20 Å². The van der Waals surface area contributed by atoms with Crippen molar-refractivity contribution in [2.75, 3.05) is 11.9 Å². The van der Waals surface area contributed by atoms with Crippen molar-refractivity contribution in [1.29, 1.82) is 0 Å². The van der Waals surface area contributed by atoms with Gasteiger partial charge in [0.05, 0.1) is 19.0 Å². The van der Waals surface area contributed by atoms with Crippen LogP contribution in [0.15, 0.2) is 12.4 Å². The predicted octanol–water partition coefficient (Wildman–Crippen LogP) is 2.24. The molecule has 68 valence electrons. The summed E-state index contributed by atoms with van der Waals surface area (Å²) < 4.78 is 7.23. The number of ether oxygens (including phenoxy) is 1. The molecule has 3 nitrogen and oxygen atoms in total. The Morgan fingerprint density at radius 2 is 2.42 bits per heavy atom. The Morgan fingerprint density at radius 1 is 1.67 bits per heavy atom. The minimum Gasteiger partial charge on any atom is -0.489 e. The standard InChI is InChI=1S/C8H13BrN2O/c1-7(2)11-6-8(5-10-11)12-4-3-9/h5-7H,3-4H2,1-2H3. The number of hydrogen-bond donors (Lipinski definition) is 0. The molecule has 0 atom stereocenters. The van der Waals surface area contributed by atoms with Crippen LogP contribution in [-0.4, -0.2) is 21.7 Å². The molecule has 0 amide bonds. The van der Waals surface area contributed by atoms with Crippen LogP contribution in [0.5, 0.6) is 5.75 Å². The van der Waals surface area contributed by atoms with E-state index in [9.17, 15) is 0 Å². The highest BCUT2D eigenvalue weighted by Crippen LogP contribution is 2.11. The molecule has 0 N–H and O–H groups in total. The Balaban J connectivity index is 2.52. The van der Waals surface area contributed by atoms with Crippen molar-refractivity contribution >= 4 is 15.9 Å². The van der Waals surface area contributed by atoms with E-state index in [2.05, 4.69) is 34.9 Å². The molecular formula is C8H13BrN2O. The summed E-state index contributed by atoms with van der Waals surface area (Å²) in [5.41, 5.74) is 0. The Hall–Kier alpha value is -0.510. The minimum atomic E-state index is 0.395. The Labute approximate surface area is 80.8 Å². The lowest BCUT2D eigenvalue weighted by Gasteiger charge is -2.03. The molecule has 1 heterocycles. The molecule has 0 fully saturated rings. The van der Waals surface area contributed by atoms with Gasteiger partial charge in [-0.25, -0.2) is 0 Å². The van der Waals surface area contributed by atoms with Crippen LogP contribution < -0.4 is 4.74 Å². The first-order valence-electron chi connectivity index (χ1n) is 3.97. The van der Waals surface area contributed by atoms with Crippen molar-refractivity contribution in [3.63, 3.8) is 0 Å². The molecule has 0 spiro atoms. The summed E-state index contributed by atoms with van der Waals surface area (Å²) in [5, 5.41) is 4.99. The summed E-state index contributed by atoms with van der Waals surface area (Å²) in [7, 11) is 0. The van der Waals surface area contributed by atoms with Crippen LogP contribution in [0, 0.1) is 0 Å². The quantitative estimate of drug-likeness (QED) is 0.745. The third kappa shape index (κ3) is 2.52. The van der Waals surface area contributed by atoms with E-state index in [-0.39, 0.29) is 0 Å². The average molecular weight is 233 g/mol. The average Bonchev–Trinajstić information content (AvgIpc) is 2.48. The highest BCUT2D eigenvalue weighted by Gasteiger charge is 2.00. The molecule has 0 bridgehead atoms. The number of hydrogen-bond acceptors (Lipinski definition) is 2. The molecule has 4 heteroatoms. The van der Waals surface area contributed by atoms with E-state index in [4.69, 9.17) is 4.74 Å². The fourth-order valence-electron chi connectivity index (χ4n) is 0.834. The zero-order valence-corrected chi connectivity index (χ0v) is 8.91. The van der Waals surface area contributed by atoms with Gasteiger partial charge in [0.15, 0.2) is 5.75 Å². The lowest BCUT2D eigenvalue weighted by atomic mass is 10.4. The molecule has 0 aromatic carbocycles. The van der Waals surface area contributed by atoms with Gasteiger partial charge in [-0.2, -0.15) is 5.10 Å². The van der Waals surface area contributed by atoms with E-state index in [1.165, 1.54) is 0 Å². The van der Waals surface area contributed by atoms with Crippen molar-refractivity contribution < 1.29 is 4.74 Å². The Bertz CT molecular complexity index is 235. The van der Waals surface area contributed by atoms with Crippen molar-refractivity contribution in [3.05, 3.63) is 12.4 Å². The fraction of sp³-hybridized carbons (Fsp3) is 0.625. The van der Waals surface area contributed by atoms with Crippen molar-refractivity contribution in [2.45, 2.75) is 19.9 Å². The van der Waals surface area contributed by atoms with Gasteiger partial charge in [-0.3, -0.25) is 4.68 Å². The second kappa shape index (κ2) is 4.50. The summed E-state index contributed by atoms with van der Waals surface area (Å²) >= 11 is 3.29. The maximum atomic E-state index is 5.36. The number of aromatic nitrogens is 2. The van der Waals surface area contributed by atoms with Gasteiger partial charge in [-0.1, -0.05) is 15.9 Å². The molecule has 1 rings (SSSR count). The second-order valence-corrected chi connectivity index (χ2v) is 3.58. The van der Waals surface area contributed by atoms with E-state index in [0.29, 0.717) is 12.6 Å². The van der Waals surface area contributed by atoms with E-state index in [0.717, 1.165) is 11.1 Å². The van der Waals surface area contributed by atoms with Crippen molar-refractivity contribution in [3.8, 4) is 5.75 Å². The molecule has 0 unspecified atom stereocenters. The van der Waals surface area contributed by atoms with Crippen LogP contribution in [0.25, 0.3) is 0 Å². The van der Waals surface area contributed by atoms with E-state index < -0.39 is 0 Å². The first-order chi connectivity index (χ1) is 5.74. The third-order valence-electron chi connectivity index (χ3n) is 1.45. The predicted molar refractivity (Wildman–Crippen MR) is 51.9 cm³/mol. The minimum absolute atomic E-state index is 0.395. The highest BCUT2D eigenvalue weighted by atomic mass is 79.9. The SMILES string of the molecule is CC(C)n1cc(OCCBr)cn1. The molecule has 0 aliphatic heterocycles. The summed E-state index contributed by atoms with van der Waals surface area (Å²) in [5.74, 6) is 0.836. The van der Waals surface area contributed by atoms with Gasteiger partial charge in [-0.05, 0) is 13.8 Å². The lowest BCUT2D eigenvalue weighted by Crippen LogP contribution is -2.00. The molecule has 1 aromatic rings. The molecule has 12 heavy (non-hydrogen) atoms. The van der Waals surface area contributed by atoms with E-state index in [1.807, 2.05) is 10.9 Å². The maximum absolute atomic E-state index is 5.36. The summed E-state index contributed by atoms with van der Waals surface area (Å²) in [6, 6.07) is 0.395. The van der Waals surface area contributed by atoms with Crippen LogP contribution in [-0.2, 0) is 0 Å². The fourth-order valence-corrected chi connectivity index (χ4v) is 0.996.